The first-order valence-corrected chi connectivity index (χ1v) is 11.3. The second kappa shape index (κ2) is 11.0. The van der Waals surface area contributed by atoms with Gasteiger partial charge in [0.1, 0.15) is 13.2 Å². The second-order valence-electron chi connectivity index (χ2n) is 6.54. The molecule has 3 rings (SSSR count). The Kier molecular flexibility index (Phi) is 8.13. The van der Waals surface area contributed by atoms with Gasteiger partial charge in [-0.05, 0) is 70.5 Å². The summed E-state index contributed by atoms with van der Waals surface area (Å²) in [6, 6.07) is 12.3. The molecule has 0 spiro atoms. The minimum Gasteiger partial charge on any atom is -0.490 e. The van der Waals surface area contributed by atoms with E-state index in [1.54, 1.807) is 48.6 Å². The molecule has 0 atom stereocenters. The number of hydrogen-bond donors (Lipinski definition) is 1. The summed E-state index contributed by atoms with van der Waals surface area (Å²) in [6.07, 6.45) is 3.21. The molecule has 1 N–H and O–H groups in total. The Morgan fingerprint density at radius 1 is 1.22 bits per heavy atom. The van der Waals surface area contributed by atoms with Gasteiger partial charge in [0.05, 0.1) is 16.0 Å². The van der Waals surface area contributed by atoms with E-state index in [9.17, 15) is 14.4 Å². The molecule has 0 aromatic heterocycles. The number of carbonyl (C=O) groups is 3. The van der Waals surface area contributed by atoms with E-state index in [0.29, 0.717) is 40.4 Å². The van der Waals surface area contributed by atoms with Crippen molar-refractivity contribution in [2.45, 2.75) is 6.92 Å². The van der Waals surface area contributed by atoms with Crippen LogP contribution < -0.4 is 14.8 Å². The molecule has 32 heavy (non-hydrogen) atoms. The highest BCUT2D eigenvalue weighted by molar-refractivity contribution is 9.10. The summed E-state index contributed by atoms with van der Waals surface area (Å²) >= 11 is 4.25. The van der Waals surface area contributed by atoms with Crippen LogP contribution in [0.5, 0.6) is 11.5 Å². The fourth-order valence-electron chi connectivity index (χ4n) is 2.87. The average Bonchev–Trinajstić information content (AvgIpc) is 3.01. The Hall–Kier alpha value is -3.04. The molecule has 2 aromatic carbocycles. The van der Waals surface area contributed by atoms with Gasteiger partial charge < -0.3 is 14.8 Å². The predicted molar refractivity (Wildman–Crippen MR) is 129 cm³/mol. The summed E-state index contributed by atoms with van der Waals surface area (Å²) in [5, 5.41) is 2.17. The zero-order valence-electron chi connectivity index (χ0n) is 17.3. The molecule has 3 amide bonds. The van der Waals surface area contributed by atoms with Crippen molar-refractivity contribution in [3.05, 3.63) is 70.1 Å². The van der Waals surface area contributed by atoms with Crippen LogP contribution in [0.1, 0.15) is 12.5 Å². The highest BCUT2D eigenvalue weighted by atomic mass is 79.9. The number of nitrogens with one attached hydrogen (secondary N) is 1. The maximum Gasteiger partial charge on any atom is 0.294 e. The van der Waals surface area contributed by atoms with Crippen molar-refractivity contribution < 1.29 is 23.9 Å². The molecule has 1 fully saturated rings. The van der Waals surface area contributed by atoms with Crippen LogP contribution in [0, 0.1) is 0 Å². The van der Waals surface area contributed by atoms with Crippen molar-refractivity contribution >= 4 is 56.5 Å². The zero-order chi connectivity index (χ0) is 23.1. The number of nitrogens with zero attached hydrogens (tertiary/aromatic N) is 1. The molecule has 7 nitrogen and oxygen atoms in total. The summed E-state index contributed by atoms with van der Waals surface area (Å²) < 4.78 is 11.9. The first-order chi connectivity index (χ1) is 15.4. The van der Waals surface area contributed by atoms with Gasteiger partial charge in [-0.25, -0.2) is 0 Å². The summed E-state index contributed by atoms with van der Waals surface area (Å²) in [6.45, 7) is 5.86. The molecular weight excluding hydrogens is 496 g/mol. The molecular formula is C23H21BrN2O5S. The van der Waals surface area contributed by atoms with Crippen LogP contribution in [0.4, 0.5) is 10.5 Å². The fourth-order valence-corrected chi connectivity index (χ4v) is 4.28. The SMILES string of the molecule is C=CCOc1c(Br)cc(/C=C2/SC(=O)N(CC(=O)Nc3ccccc3)C2=O)cc1OCC. The van der Waals surface area contributed by atoms with Crippen molar-refractivity contribution in [1.29, 1.82) is 0 Å². The number of rotatable bonds is 9. The van der Waals surface area contributed by atoms with Crippen molar-refractivity contribution in [2.75, 3.05) is 25.1 Å². The number of benzene rings is 2. The van der Waals surface area contributed by atoms with Crippen LogP contribution in [0.2, 0.25) is 0 Å². The van der Waals surface area contributed by atoms with E-state index < -0.39 is 17.1 Å². The molecule has 1 heterocycles. The number of ether oxygens (including phenoxy) is 2. The van der Waals surface area contributed by atoms with Gasteiger partial charge in [-0.15, -0.1) is 0 Å². The predicted octanol–water partition coefficient (Wildman–Crippen LogP) is 5.09. The number of imide groups is 1. The van der Waals surface area contributed by atoms with Gasteiger partial charge in [-0.3, -0.25) is 19.3 Å². The third kappa shape index (κ3) is 5.80. The van der Waals surface area contributed by atoms with E-state index in [2.05, 4.69) is 27.8 Å². The Labute approximate surface area is 198 Å². The monoisotopic (exact) mass is 516 g/mol. The van der Waals surface area contributed by atoms with Crippen molar-refractivity contribution in [3.63, 3.8) is 0 Å². The van der Waals surface area contributed by atoms with Gasteiger partial charge in [0.2, 0.25) is 5.91 Å². The van der Waals surface area contributed by atoms with Gasteiger partial charge in [0.25, 0.3) is 11.1 Å². The molecule has 0 radical (unpaired) electrons. The Balaban J connectivity index is 1.77. The quantitative estimate of drug-likeness (QED) is 0.369. The van der Waals surface area contributed by atoms with Crippen LogP contribution in [0.3, 0.4) is 0 Å². The van der Waals surface area contributed by atoms with E-state index in [1.807, 2.05) is 13.0 Å². The van der Waals surface area contributed by atoms with Crippen molar-refractivity contribution in [2.24, 2.45) is 0 Å². The Bertz CT molecular complexity index is 1070. The molecule has 1 aliphatic rings. The lowest BCUT2D eigenvalue weighted by atomic mass is 10.2. The second-order valence-corrected chi connectivity index (χ2v) is 8.39. The Morgan fingerprint density at radius 3 is 2.66 bits per heavy atom. The number of anilines is 1. The van der Waals surface area contributed by atoms with Crippen LogP contribution >= 0.6 is 27.7 Å². The maximum atomic E-state index is 12.8. The van der Waals surface area contributed by atoms with Gasteiger partial charge >= 0.3 is 0 Å². The third-order valence-corrected chi connectivity index (χ3v) is 5.70. The van der Waals surface area contributed by atoms with E-state index in [-0.39, 0.29) is 11.4 Å². The Morgan fingerprint density at radius 2 is 1.97 bits per heavy atom. The van der Waals surface area contributed by atoms with E-state index in [0.717, 1.165) is 16.7 Å². The lowest BCUT2D eigenvalue weighted by Crippen LogP contribution is -2.36. The number of halogens is 1. The molecule has 1 aliphatic heterocycles. The number of amides is 3. The first kappa shape index (κ1) is 23.6. The smallest absolute Gasteiger partial charge is 0.294 e. The standard InChI is InChI=1S/C23H21BrN2O5S/c1-3-10-31-21-17(24)11-15(12-18(21)30-4-2)13-19-22(28)26(23(29)32-19)14-20(27)25-16-8-6-5-7-9-16/h3,5-9,11-13H,1,4,10,14H2,2H3,(H,25,27)/b19-13+. The lowest BCUT2D eigenvalue weighted by Gasteiger charge is -2.14. The van der Waals surface area contributed by atoms with Gasteiger partial charge in [-0.2, -0.15) is 0 Å². The molecule has 0 saturated carbocycles. The molecule has 0 bridgehead atoms. The van der Waals surface area contributed by atoms with E-state index >= 15 is 0 Å². The van der Waals surface area contributed by atoms with Gasteiger partial charge in [0.15, 0.2) is 11.5 Å². The van der Waals surface area contributed by atoms with Gasteiger partial charge in [0, 0.05) is 5.69 Å². The first-order valence-electron chi connectivity index (χ1n) is 9.73. The van der Waals surface area contributed by atoms with Crippen LogP contribution in [0.25, 0.3) is 6.08 Å². The minimum atomic E-state index is -0.524. The number of thioether (sulfide) groups is 1. The minimum absolute atomic E-state index is 0.219. The van der Waals surface area contributed by atoms with Crippen LogP contribution in [0.15, 0.2) is 64.5 Å². The fraction of sp³-hybridized carbons (Fsp3) is 0.174. The zero-order valence-corrected chi connectivity index (χ0v) is 19.7. The number of carbonyl (C=O) groups excluding carboxylic acids is 3. The highest BCUT2D eigenvalue weighted by Gasteiger charge is 2.36. The number of hydrogen-bond acceptors (Lipinski definition) is 6. The van der Waals surface area contributed by atoms with Crippen molar-refractivity contribution in [3.8, 4) is 11.5 Å². The third-order valence-electron chi connectivity index (χ3n) is 4.21. The van der Waals surface area contributed by atoms with E-state index in [4.69, 9.17) is 9.47 Å². The summed E-state index contributed by atoms with van der Waals surface area (Å²) in [4.78, 5) is 38.6. The van der Waals surface area contributed by atoms with Crippen LogP contribution in [-0.2, 0) is 9.59 Å². The molecule has 2 aromatic rings. The molecule has 9 heteroatoms. The lowest BCUT2D eigenvalue weighted by molar-refractivity contribution is -0.127. The van der Waals surface area contributed by atoms with E-state index in [1.165, 1.54) is 0 Å². The van der Waals surface area contributed by atoms with Crippen molar-refractivity contribution in [1.82, 2.24) is 4.90 Å². The molecule has 0 unspecified atom stereocenters. The molecule has 1 saturated heterocycles. The highest BCUT2D eigenvalue weighted by Crippen LogP contribution is 2.39. The molecule has 0 aliphatic carbocycles. The van der Waals surface area contributed by atoms with Gasteiger partial charge in [-0.1, -0.05) is 30.9 Å². The van der Waals surface area contributed by atoms with Crippen LogP contribution in [-0.4, -0.2) is 41.7 Å². The molecule has 166 valence electrons. The number of para-hydroxylation sites is 1. The summed E-state index contributed by atoms with van der Waals surface area (Å²) in [7, 11) is 0. The normalized spacial score (nSPS) is 14.6. The maximum absolute atomic E-state index is 12.8. The topological polar surface area (TPSA) is 84.9 Å². The summed E-state index contributed by atoms with van der Waals surface area (Å²) in [5.74, 6) is 0.0418. The summed E-state index contributed by atoms with van der Waals surface area (Å²) in [5.41, 5.74) is 1.23. The average molecular weight is 517 g/mol. The largest absolute Gasteiger partial charge is 0.490 e.